The fourth-order valence-electron chi connectivity index (χ4n) is 1.81. The van der Waals surface area contributed by atoms with Gasteiger partial charge in [-0.25, -0.2) is 4.68 Å². The topological polar surface area (TPSA) is 94.0 Å². The highest BCUT2D eigenvalue weighted by atomic mass is 16.2. The molecule has 0 radical (unpaired) electrons. The molecule has 1 amide bonds. The van der Waals surface area contributed by atoms with Gasteiger partial charge in [-0.3, -0.25) is 14.4 Å². The molecule has 1 unspecified atom stereocenters. The molecule has 1 aromatic heterocycles. The van der Waals surface area contributed by atoms with Crippen LogP contribution in [0, 0.1) is 5.92 Å². The summed E-state index contributed by atoms with van der Waals surface area (Å²) in [6.45, 7) is 7.31. The van der Waals surface area contributed by atoms with Crippen LogP contribution in [-0.2, 0) is 27.3 Å². The second-order valence-electron chi connectivity index (χ2n) is 5.64. The lowest BCUT2D eigenvalue weighted by Gasteiger charge is -2.11. The van der Waals surface area contributed by atoms with Crippen LogP contribution in [-0.4, -0.2) is 38.5 Å². The van der Waals surface area contributed by atoms with E-state index in [1.165, 1.54) is 4.68 Å². The van der Waals surface area contributed by atoms with Crippen LogP contribution >= 0.6 is 0 Å². The molecule has 0 aliphatic heterocycles. The highest BCUT2D eigenvalue weighted by Gasteiger charge is 2.14. The van der Waals surface area contributed by atoms with Crippen LogP contribution in [0.25, 0.3) is 0 Å². The van der Waals surface area contributed by atoms with E-state index in [-0.39, 0.29) is 36.4 Å². The van der Waals surface area contributed by atoms with Crippen molar-refractivity contribution in [2.75, 3.05) is 0 Å². The van der Waals surface area contributed by atoms with E-state index in [0.717, 1.165) is 0 Å². The van der Waals surface area contributed by atoms with Gasteiger partial charge in [0.1, 0.15) is 6.54 Å². The Bertz CT molecular complexity index is 537. The maximum absolute atomic E-state index is 11.7. The molecular weight excluding hydrogens is 284 g/mol. The lowest BCUT2D eigenvalue weighted by atomic mass is 10.1. The van der Waals surface area contributed by atoms with E-state index >= 15 is 0 Å². The Morgan fingerprint density at radius 1 is 1.23 bits per heavy atom. The minimum Gasteiger partial charge on any atom is -0.347 e. The number of rotatable bonds is 9. The fourth-order valence-corrected chi connectivity index (χ4v) is 1.81. The second kappa shape index (κ2) is 8.41. The van der Waals surface area contributed by atoms with Gasteiger partial charge in [-0.1, -0.05) is 26.0 Å². The molecule has 122 valence electrons. The van der Waals surface area contributed by atoms with Gasteiger partial charge < -0.3 is 5.32 Å². The Balaban J connectivity index is 2.42. The van der Waals surface area contributed by atoms with Crippen LogP contribution in [0.1, 0.15) is 46.2 Å². The van der Waals surface area contributed by atoms with Crippen molar-refractivity contribution in [2.45, 2.75) is 59.5 Å². The second-order valence-corrected chi connectivity index (χ2v) is 5.64. The molecule has 7 heteroatoms. The van der Waals surface area contributed by atoms with Crippen LogP contribution in [0.4, 0.5) is 0 Å². The number of aromatic nitrogens is 3. The molecular formula is C15H24N4O3. The lowest BCUT2D eigenvalue weighted by molar-refractivity contribution is -0.127. The highest BCUT2D eigenvalue weighted by molar-refractivity contribution is 5.88. The number of amides is 1. The first-order chi connectivity index (χ1) is 10.3. The largest absolute Gasteiger partial charge is 0.347 e. The number of hydrogen-bond donors (Lipinski definition) is 1. The maximum atomic E-state index is 11.7. The molecule has 0 saturated carbocycles. The average Bonchev–Trinajstić information content (AvgIpc) is 2.91. The Hall–Kier alpha value is -2.05. The summed E-state index contributed by atoms with van der Waals surface area (Å²) >= 11 is 0. The van der Waals surface area contributed by atoms with E-state index in [1.807, 2.05) is 13.8 Å². The average molecular weight is 308 g/mol. The number of carbonyl (C=O) groups is 3. The third-order valence-electron chi connectivity index (χ3n) is 3.37. The Morgan fingerprint density at radius 2 is 1.91 bits per heavy atom. The van der Waals surface area contributed by atoms with Crippen molar-refractivity contribution in [3.63, 3.8) is 0 Å². The van der Waals surface area contributed by atoms with Crippen LogP contribution in [0.3, 0.4) is 0 Å². The normalized spacial score (nSPS) is 12.2. The molecule has 0 fully saturated rings. The van der Waals surface area contributed by atoms with E-state index in [9.17, 15) is 14.4 Å². The van der Waals surface area contributed by atoms with E-state index in [2.05, 4.69) is 15.6 Å². The molecule has 22 heavy (non-hydrogen) atoms. The predicted octanol–water partition coefficient (Wildman–Crippen LogP) is 0.920. The first-order valence-corrected chi connectivity index (χ1v) is 7.57. The first-order valence-electron chi connectivity index (χ1n) is 7.57. The van der Waals surface area contributed by atoms with Gasteiger partial charge in [-0.05, 0) is 6.92 Å². The number of ketones is 2. The Labute approximate surface area is 130 Å². The van der Waals surface area contributed by atoms with Gasteiger partial charge in [0.15, 0.2) is 11.6 Å². The number of nitrogens with one attached hydrogen (secondary N) is 1. The minimum atomic E-state index is -0.461. The van der Waals surface area contributed by atoms with Gasteiger partial charge in [0.2, 0.25) is 5.91 Å². The summed E-state index contributed by atoms with van der Waals surface area (Å²) in [6.07, 6.45) is 2.74. The van der Waals surface area contributed by atoms with Gasteiger partial charge in [-0.2, -0.15) is 0 Å². The number of hydrogen-bond acceptors (Lipinski definition) is 5. The van der Waals surface area contributed by atoms with Crippen molar-refractivity contribution >= 4 is 17.5 Å². The highest BCUT2D eigenvalue weighted by Crippen LogP contribution is 2.02. The Kier molecular flexibility index (Phi) is 6.88. The summed E-state index contributed by atoms with van der Waals surface area (Å²) in [5.41, 5.74) is 0.654. The molecule has 0 bridgehead atoms. The molecule has 1 aromatic rings. The molecule has 1 heterocycles. The summed E-state index contributed by atoms with van der Waals surface area (Å²) in [5, 5.41) is 10.5. The van der Waals surface area contributed by atoms with Gasteiger partial charge in [-0.15, -0.1) is 5.10 Å². The van der Waals surface area contributed by atoms with E-state index < -0.39 is 6.04 Å². The summed E-state index contributed by atoms with van der Waals surface area (Å²) < 4.78 is 1.48. The molecule has 1 rings (SSSR count). The molecule has 0 saturated heterocycles. The van der Waals surface area contributed by atoms with Crippen LogP contribution < -0.4 is 5.32 Å². The summed E-state index contributed by atoms with van der Waals surface area (Å²) in [4.78, 5) is 34.8. The monoisotopic (exact) mass is 308 g/mol. The van der Waals surface area contributed by atoms with Crippen molar-refractivity contribution in [2.24, 2.45) is 5.92 Å². The molecule has 0 aliphatic carbocycles. The fraction of sp³-hybridized carbons (Fsp3) is 0.667. The number of aryl methyl sites for hydroxylation is 1. The van der Waals surface area contributed by atoms with Gasteiger partial charge >= 0.3 is 0 Å². The zero-order chi connectivity index (χ0) is 16.7. The Morgan fingerprint density at radius 3 is 2.50 bits per heavy atom. The van der Waals surface area contributed by atoms with E-state index in [0.29, 0.717) is 18.5 Å². The molecule has 1 atom stereocenters. The molecule has 1 N–H and O–H groups in total. The minimum absolute atomic E-state index is 0.00601. The number of nitrogens with zero attached hydrogens (tertiary/aromatic N) is 3. The molecule has 0 spiro atoms. The molecule has 7 nitrogen and oxygen atoms in total. The van der Waals surface area contributed by atoms with Crippen molar-refractivity contribution in [3.05, 3.63) is 11.9 Å². The lowest BCUT2D eigenvalue weighted by Crippen LogP contribution is -2.38. The summed E-state index contributed by atoms with van der Waals surface area (Å²) in [7, 11) is 0. The third-order valence-corrected chi connectivity index (χ3v) is 3.37. The van der Waals surface area contributed by atoms with Crippen molar-refractivity contribution in [1.82, 2.24) is 20.3 Å². The van der Waals surface area contributed by atoms with Crippen molar-refractivity contribution in [1.29, 1.82) is 0 Å². The molecule has 0 aromatic carbocycles. The predicted molar refractivity (Wildman–Crippen MR) is 81.1 cm³/mol. The quantitative estimate of drug-likeness (QED) is 0.732. The SMILES string of the molecule is CCC(=O)C(C)NC(=O)CCc1cn(CC(=O)C(C)C)nn1. The van der Waals surface area contributed by atoms with Crippen molar-refractivity contribution < 1.29 is 14.4 Å². The zero-order valence-corrected chi connectivity index (χ0v) is 13.6. The van der Waals surface area contributed by atoms with Crippen LogP contribution in [0.2, 0.25) is 0 Å². The maximum Gasteiger partial charge on any atom is 0.220 e. The summed E-state index contributed by atoms with van der Waals surface area (Å²) in [5.74, 6) is -0.147. The van der Waals surface area contributed by atoms with Gasteiger partial charge in [0.25, 0.3) is 0 Å². The van der Waals surface area contributed by atoms with Gasteiger partial charge in [0.05, 0.1) is 11.7 Å². The van der Waals surface area contributed by atoms with Crippen molar-refractivity contribution in [3.8, 4) is 0 Å². The number of Topliss-reactive ketones (excluding diaryl/α,β-unsaturated/α-hetero) is 2. The zero-order valence-electron chi connectivity index (χ0n) is 13.6. The first kappa shape index (κ1) is 18.0. The van der Waals surface area contributed by atoms with Gasteiger partial charge in [0, 0.05) is 31.4 Å². The smallest absolute Gasteiger partial charge is 0.220 e. The van der Waals surface area contributed by atoms with E-state index in [1.54, 1.807) is 20.0 Å². The van der Waals surface area contributed by atoms with E-state index in [4.69, 9.17) is 0 Å². The standard InChI is InChI=1S/C15H24N4O3/c1-5-13(20)11(4)16-15(22)7-6-12-8-19(18-17-12)9-14(21)10(2)3/h8,10-11H,5-7,9H2,1-4H3,(H,16,22). The van der Waals surface area contributed by atoms with Crippen LogP contribution in [0.15, 0.2) is 6.20 Å². The summed E-state index contributed by atoms with van der Waals surface area (Å²) in [6, 6.07) is -0.461. The molecule has 0 aliphatic rings. The van der Waals surface area contributed by atoms with Crippen LogP contribution in [0.5, 0.6) is 0 Å². The number of carbonyl (C=O) groups excluding carboxylic acids is 3. The third kappa shape index (κ3) is 5.75.